The van der Waals surface area contributed by atoms with Crippen LogP contribution >= 0.6 is 0 Å². The summed E-state index contributed by atoms with van der Waals surface area (Å²) in [5.74, 6) is -0.294. The van der Waals surface area contributed by atoms with Gasteiger partial charge in [0.25, 0.3) is 0 Å². The standard InChI is InChI=1S/C44H83NO2/c1-5-7-9-11-13-15-17-19-21-23-25-27-29-31-33-35-37-44(46-42-39-41(45(3)4)40-43(42)47-44)38-36-34-32-30-28-26-24-22-20-18-16-14-12-10-8-6-2/h13,15,19,21,41-43H,5-12,14,16-18,20,22-40H2,1-4H3/b15-13-,21-19-/t41?,42-,43?,44?/m0/s1. The van der Waals surface area contributed by atoms with Gasteiger partial charge in [-0.05, 0) is 71.9 Å². The van der Waals surface area contributed by atoms with Gasteiger partial charge in [-0.25, -0.2) is 0 Å². The van der Waals surface area contributed by atoms with Crippen LogP contribution in [0.1, 0.15) is 219 Å². The van der Waals surface area contributed by atoms with E-state index in [4.69, 9.17) is 9.47 Å². The molecule has 0 aromatic rings. The first-order valence-corrected chi connectivity index (χ1v) is 21.4. The Labute approximate surface area is 295 Å². The molecule has 47 heavy (non-hydrogen) atoms. The van der Waals surface area contributed by atoms with Gasteiger partial charge in [0.15, 0.2) is 5.79 Å². The molecule has 2 rings (SSSR count). The van der Waals surface area contributed by atoms with Gasteiger partial charge >= 0.3 is 0 Å². The van der Waals surface area contributed by atoms with E-state index in [9.17, 15) is 0 Å². The molecule has 3 nitrogen and oxygen atoms in total. The highest BCUT2D eigenvalue weighted by atomic mass is 16.8. The molecule has 0 spiro atoms. The van der Waals surface area contributed by atoms with Crippen LogP contribution in [0.4, 0.5) is 0 Å². The summed E-state index contributed by atoms with van der Waals surface area (Å²) in [5, 5.41) is 0. The highest BCUT2D eigenvalue weighted by Crippen LogP contribution is 2.44. The Morgan fingerprint density at radius 3 is 1.21 bits per heavy atom. The molecule has 1 aliphatic carbocycles. The topological polar surface area (TPSA) is 21.7 Å². The predicted molar refractivity (Wildman–Crippen MR) is 207 cm³/mol. The van der Waals surface area contributed by atoms with E-state index in [-0.39, 0.29) is 5.79 Å². The van der Waals surface area contributed by atoms with Gasteiger partial charge in [-0.1, -0.05) is 173 Å². The molecule has 1 saturated heterocycles. The molecule has 1 heterocycles. The second-order valence-corrected chi connectivity index (χ2v) is 15.7. The summed E-state index contributed by atoms with van der Waals surface area (Å²) >= 11 is 0. The maximum absolute atomic E-state index is 6.84. The van der Waals surface area contributed by atoms with Crippen molar-refractivity contribution in [2.75, 3.05) is 14.1 Å². The molecule has 2 fully saturated rings. The zero-order valence-electron chi connectivity index (χ0n) is 32.4. The fraction of sp³-hybridized carbons (Fsp3) is 0.909. The minimum atomic E-state index is -0.294. The molecule has 1 aliphatic heterocycles. The average Bonchev–Trinajstić information content (AvgIpc) is 3.61. The van der Waals surface area contributed by atoms with Gasteiger partial charge in [-0.2, -0.15) is 0 Å². The lowest BCUT2D eigenvalue weighted by Crippen LogP contribution is -2.34. The SMILES string of the molecule is CCCCC/C=C\C/C=C\CCCCCCCCC1(CCCCCCCCCCCCCCCCCC)OC2CC(N(C)C)C[C@@H]2O1. The summed E-state index contributed by atoms with van der Waals surface area (Å²) in [4.78, 5) is 2.37. The van der Waals surface area contributed by atoms with Crippen molar-refractivity contribution in [2.24, 2.45) is 0 Å². The summed E-state index contributed by atoms with van der Waals surface area (Å²) in [6, 6.07) is 0.611. The van der Waals surface area contributed by atoms with Crippen molar-refractivity contribution in [1.82, 2.24) is 4.90 Å². The first kappa shape index (κ1) is 42.5. The maximum atomic E-state index is 6.84. The lowest BCUT2D eigenvalue weighted by Gasteiger charge is -2.31. The summed E-state index contributed by atoms with van der Waals surface area (Å²) in [6.45, 7) is 4.58. The van der Waals surface area contributed by atoms with Gasteiger partial charge in [-0.15, -0.1) is 0 Å². The number of hydrogen-bond donors (Lipinski definition) is 0. The maximum Gasteiger partial charge on any atom is 0.169 e. The Morgan fingerprint density at radius 1 is 0.468 bits per heavy atom. The number of ether oxygens (including phenoxy) is 2. The van der Waals surface area contributed by atoms with E-state index in [2.05, 4.69) is 57.1 Å². The first-order chi connectivity index (χ1) is 23.1. The highest BCUT2D eigenvalue weighted by molar-refractivity contribution is 4.96. The second kappa shape index (κ2) is 29.1. The molecular formula is C44H83NO2. The van der Waals surface area contributed by atoms with Crippen LogP contribution in [-0.2, 0) is 9.47 Å². The Kier molecular flexibility index (Phi) is 26.4. The van der Waals surface area contributed by atoms with E-state index in [1.807, 2.05) is 0 Å². The van der Waals surface area contributed by atoms with Crippen molar-refractivity contribution in [3.63, 3.8) is 0 Å². The molecule has 0 radical (unpaired) electrons. The monoisotopic (exact) mass is 658 g/mol. The van der Waals surface area contributed by atoms with Crippen LogP contribution in [0.3, 0.4) is 0 Å². The molecule has 0 amide bonds. The summed E-state index contributed by atoms with van der Waals surface area (Å²) in [5.41, 5.74) is 0. The van der Waals surface area contributed by atoms with Crippen LogP contribution < -0.4 is 0 Å². The van der Waals surface area contributed by atoms with Gasteiger partial charge in [0, 0.05) is 18.9 Å². The Bertz CT molecular complexity index is 731. The van der Waals surface area contributed by atoms with Crippen LogP contribution in [0, 0.1) is 0 Å². The highest BCUT2D eigenvalue weighted by Gasteiger charge is 2.51. The molecule has 1 saturated carbocycles. The molecule has 2 aliphatic rings. The minimum absolute atomic E-state index is 0.294. The van der Waals surface area contributed by atoms with Crippen LogP contribution in [0.5, 0.6) is 0 Å². The van der Waals surface area contributed by atoms with Crippen LogP contribution in [-0.4, -0.2) is 43.0 Å². The van der Waals surface area contributed by atoms with Crippen LogP contribution in [0.2, 0.25) is 0 Å². The minimum Gasteiger partial charge on any atom is -0.344 e. The number of hydrogen-bond acceptors (Lipinski definition) is 3. The summed E-state index contributed by atoms with van der Waals surface area (Å²) < 4.78 is 13.7. The van der Waals surface area contributed by atoms with Gasteiger partial charge in [0.2, 0.25) is 0 Å². The second-order valence-electron chi connectivity index (χ2n) is 15.7. The number of allylic oxidation sites excluding steroid dienone is 4. The van der Waals surface area contributed by atoms with E-state index >= 15 is 0 Å². The van der Waals surface area contributed by atoms with E-state index in [1.54, 1.807) is 0 Å². The fourth-order valence-corrected chi connectivity index (χ4v) is 7.87. The molecule has 3 unspecified atom stereocenters. The fourth-order valence-electron chi connectivity index (χ4n) is 7.87. The molecule has 276 valence electrons. The Balaban J connectivity index is 1.52. The largest absolute Gasteiger partial charge is 0.344 e. The van der Waals surface area contributed by atoms with Crippen molar-refractivity contribution < 1.29 is 9.47 Å². The lowest BCUT2D eigenvalue weighted by atomic mass is 9.98. The number of unbranched alkanes of at least 4 members (excludes halogenated alkanes) is 24. The van der Waals surface area contributed by atoms with E-state index in [0.29, 0.717) is 18.2 Å². The first-order valence-electron chi connectivity index (χ1n) is 21.4. The van der Waals surface area contributed by atoms with Crippen molar-refractivity contribution >= 4 is 0 Å². The number of nitrogens with zero attached hydrogens (tertiary/aromatic N) is 1. The third kappa shape index (κ3) is 21.2. The van der Waals surface area contributed by atoms with E-state index in [1.165, 1.54) is 173 Å². The third-order valence-electron chi connectivity index (χ3n) is 11.1. The normalized spacial score (nSPS) is 22.9. The van der Waals surface area contributed by atoms with E-state index in [0.717, 1.165) is 32.1 Å². The zero-order chi connectivity index (χ0) is 33.7. The molecule has 0 bridgehead atoms. The van der Waals surface area contributed by atoms with E-state index < -0.39 is 0 Å². The lowest BCUT2D eigenvalue weighted by molar-refractivity contribution is -0.193. The zero-order valence-corrected chi connectivity index (χ0v) is 32.4. The average molecular weight is 658 g/mol. The number of fused-ring (bicyclic) bond motifs is 1. The van der Waals surface area contributed by atoms with Crippen molar-refractivity contribution in [3.05, 3.63) is 24.3 Å². The van der Waals surface area contributed by atoms with Gasteiger partial charge < -0.3 is 14.4 Å². The molecule has 3 heteroatoms. The van der Waals surface area contributed by atoms with Crippen LogP contribution in [0.15, 0.2) is 24.3 Å². The van der Waals surface area contributed by atoms with Gasteiger partial charge in [0.05, 0.1) is 12.2 Å². The summed E-state index contributed by atoms with van der Waals surface area (Å²) in [6.07, 6.45) is 52.9. The Hall–Kier alpha value is -0.640. The van der Waals surface area contributed by atoms with Crippen molar-refractivity contribution in [2.45, 2.75) is 243 Å². The van der Waals surface area contributed by atoms with Crippen molar-refractivity contribution in [3.8, 4) is 0 Å². The molecule has 0 aromatic carbocycles. The molecular weight excluding hydrogens is 574 g/mol. The van der Waals surface area contributed by atoms with Crippen molar-refractivity contribution in [1.29, 1.82) is 0 Å². The quantitative estimate of drug-likeness (QED) is 0.0518. The Morgan fingerprint density at radius 2 is 0.809 bits per heavy atom. The van der Waals surface area contributed by atoms with Gasteiger partial charge in [0.1, 0.15) is 0 Å². The predicted octanol–water partition coefficient (Wildman–Crippen LogP) is 14.0. The van der Waals surface area contributed by atoms with Gasteiger partial charge in [-0.3, -0.25) is 0 Å². The molecule has 0 N–H and O–H groups in total. The summed E-state index contributed by atoms with van der Waals surface area (Å²) in [7, 11) is 4.42. The smallest absolute Gasteiger partial charge is 0.169 e. The molecule has 4 atom stereocenters. The molecule has 0 aromatic heterocycles. The number of rotatable bonds is 33. The van der Waals surface area contributed by atoms with Crippen LogP contribution in [0.25, 0.3) is 0 Å². The third-order valence-corrected chi connectivity index (χ3v) is 11.1.